The number of thioether (sulfide) groups is 6. The van der Waals surface area contributed by atoms with Gasteiger partial charge in [-0.2, -0.15) is 13.2 Å². The summed E-state index contributed by atoms with van der Waals surface area (Å²) in [6.45, 7) is 20.4. The van der Waals surface area contributed by atoms with Crippen LogP contribution in [0.15, 0.2) is 62.0 Å². The molecule has 6 aliphatic heterocycles. The first-order valence-corrected chi connectivity index (χ1v) is 23.1. The standard InChI is InChI=1S/C7H9FO2S.C6H5F3O2S.C6H8O3S.C6H6O3S.C5H5FO2S.C5H6O2S/c1-3-5-7(9)10-4(2)6(8)11-5;1-3-2-12-4(5(10)11-3)6(7,8)9;2*1-2-4-6(8)9-5(7)3-10-4;1-3-5(6)9-2-4(7)8-3;1-4-2-8-3-5(6)7-4/h5-6H,2-3H2,1H3;4H,1-2H2;4H,2-3H2,1H3;2,4H,1,3H2;5H,1-2H2;1-3H2. The number of carbonyl (C=O) groups excluding carboxylic acids is 8. The molecular formula is C35H39F5O14S6. The number of rotatable bonds is 3. The van der Waals surface area contributed by atoms with Crippen LogP contribution in [0.4, 0.5) is 22.0 Å². The topological polar surface area (TPSA) is 192 Å². The van der Waals surface area contributed by atoms with E-state index in [9.17, 15) is 60.3 Å². The Morgan fingerprint density at radius 1 is 0.567 bits per heavy atom. The molecular weight excluding hydrogens is 932 g/mol. The fourth-order valence-electron chi connectivity index (χ4n) is 3.72. The molecule has 6 unspecified atom stereocenters. The molecule has 14 nitrogen and oxygen atoms in total. The van der Waals surface area contributed by atoms with Crippen LogP contribution >= 0.6 is 70.6 Å². The number of hydrogen-bond acceptors (Lipinski definition) is 20. The molecule has 6 aliphatic rings. The molecule has 0 N–H and O–H groups in total. The minimum absolute atomic E-state index is 0.00984. The van der Waals surface area contributed by atoms with Gasteiger partial charge in [0.2, 0.25) is 11.0 Å². The second-order valence-corrected chi connectivity index (χ2v) is 18.0. The zero-order valence-corrected chi connectivity index (χ0v) is 36.7. The van der Waals surface area contributed by atoms with Crippen LogP contribution in [0, 0.1) is 0 Å². The van der Waals surface area contributed by atoms with Crippen LogP contribution in [0.25, 0.3) is 0 Å². The minimum atomic E-state index is -4.53. The number of halogens is 5. The minimum Gasteiger partial charge on any atom is -0.430 e. The molecule has 0 aliphatic carbocycles. The number of cyclic esters (lactones) is 8. The fourth-order valence-corrected chi connectivity index (χ4v) is 8.05. The van der Waals surface area contributed by atoms with Crippen molar-refractivity contribution in [3.63, 3.8) is 0 Å². The summed E-state index contributed by atoms with van der Waals surface area (Å²) < 4.78 is 87.5. The normalized spacial score (nSPS) is 26.5. The fraction of sp³-hybridized carbons (Fsp3) is 0.486. The van der Waals surface area contributed by atoms with Crippen LogP contribution in [-0.4, -0.2) is 120 Å². The first-order valence-electron chi connectivity index (χ1n) is 16.8. The SMILES string of the molecule is C=C1CSC(C(F)(F)F)C(=O)O1.C=C1CSCC(=O)O1.C=C1OC(=O)C(CC)SC1F.C=C1OC(=O)CSC1F.C=CC1SCC(=O)OC1=O.CCC1SCC(=O)OC1=O. The van der Waals surface area contributed by atoms with Gasteiger partial charge in [0.25, 0.3) is 0 Å². The van der Waals surface area contributed by atoms with E-state index in [0.29, 0.717) is 35.4 Å². The molecule has 6 fully saturated rings. The predicted octanol–water partition coefficient (Wildman–Crippen LogP) is 6.40. The first-order chi connectivity index (χ1) is 28.0. The van der Waals surface area contributed by atoms with Gasteiger partial charge in [0, 0.05) is 0 Å². The lowest BCUT2D eigenvalue weighted by Crippen LogP contribution is -2.38. The quantitative estimate of drug-likeness (QED) is 0.0991. The van der Waals surface area contributed by atoms with E-state index in [1.165, 1.54) is 41.4 Å². The predicted molar refractivity (Wildman–Crippen MR) is 220 cm³/mol. The number of ether oxygens (including phenoxy) is 6. The first kappa shape index (κ1) is 54.6. The summed E-state index contributed by atoms with van der Waals surface area (Å²) in [5.74, 6) is -1.66. The van der Waals surface area contributed by atoms with Gasteiger partial charge in [0.1, 0.15) is 38.8 Å². The van der Waals surface area contributed by atoms with E-state index in [0.717, 1.165) is 35.7 Å². The highest BCUT2D eigenvalue weighted by atomic mass is 32.2. The maximum Gasteiger partial charge on any atom is 0.411 e. The van der Waals surface area contributed by atoms with Gasteiger partial charge in [0.05, 0.1) is 34.5 Å². The van der Waals surface area contributed by atoms with Gasteiger partial charge in [-0.3, -0.25) is 38.4 Å². The summed E-state index contributed by atoms with van der Waals surface area (Å²) in [5, 5.41) is -2.91. The van der Waals surface area contributed by atoms with Crippen molar-refractivity contribution >= 4 is 118 Å². The van der Waals surface area contributed by atoms with Crippen LogP contribution in [-0.2, 0) is 66.8 Å². The Kier molecular flexibility index (Phi) is 25.1. The van der Waals surface area contributed by atoms with Crippen molar-refractivity contribution in [3.05, 3.63) is 62.0 Å². The van der Waals surface area contributed by atoms with E-state index < -0.39 is 52.3 Å². The van der Waals surface area contributed by atoms with E-state index in [1.807, 2.05) is 13.8 Å². The van der Waals surface area contributed by atoms with Crippen LogP contribution in [0.2, 0.25) is 0 Å². The molecule has 0 spiro atoms. The van der Waals surface area contributed by atoms with Crippen LogP contribution in [0.3, 0.4) is 0 Å². The Morgan fingerprint density at radius 3 is 1.52 bits per heavy atom. The summed E-state index contributed by atoms with van der Waals surface area (Å²) in [6, 6.07) is 0. The number of carbonyl (C=O) groups is 8. The van der Waals surface area contributed by atoms with Gasteiger partial charge in [-0.25, -0.2) is 8.78 Å². The Balaban J connectivity index is 0.000000361. The molecule has 334 valence electrons. The van der Waals surface area contributed by atoms with Gasteiger partial charge in [-0.05, 0) is 12.8 Å². The summed E-state index contributed by atoms with van der Waals surface area (Å²) in [5.41, 5.74) is -2.49. The highest BCUT2D eigenvalue weighted by molar-refractivity contribution is 8.02. The largest absolute Gasteiger partial charge is 0.430 e. The molecule has 6 saturated heterocycles. The Hall–Kier alpha value is -3.39. The molecule has 6 atom stereocenters. The Labute approximate surface area is 366 Å². The molecule has 0 radical (unpaired) electrons. The smallest absolute Gasteiger partial charge is 0.411 e. The molecule has 0 aromatic heterocycles. The van der Waals surface area contributed by atoms with Crippen LogP contribution in [0.1, 0.15) is 26.7 Å². The van der Waals surface area contributed by atoms with Crippen molar-refractivity contribution < 1.29 is 88.7 Å². The highest BCUT2D eigenvalue weighted by Crippen LogP contribution is 2.36. The van der Waals surface area contributed by atoms with Gasteiger partial charge < -0.3 is 28.4 Å². The Bertz CT molecular complexity index is 1660. The zero-order valence-electron chi connectivity index (χ0n) is 31.8. The van der Waals surface area contributed by atoms with Crippen molar-refractivity contribution in [2.24, 2.45) is 0 Å². The van der Waals surface area contributed by atoms with Gasteiger partial charge >= 0.3 is 53.9 Å². The zero-order chi connectivity index (χ0) is 45.7. The van der Waals surface area contributed by atoms with E-state index in [4.69, 9.17) is 0 Å². The second-order valence-electron chi connectivity index (χ2n) is 11.3. The van der Waals surface area contributed by atoms with E-state index >= 15 is 0 Å². The molecule has 0 saturated carbocycles. The van der Waals surface area contributed by atoms with Crippen LogP contribution < -0.4 is 0 Å². The molecule has 6 rings (SSSR count). The van der Waals surface area contributed by atoms with Gasteiger partial charge in [0.15, 0.2) is 5.25 Å². The van der Waals surface area contributed by atoms with E-state index in [-0.39, 0.29) is 68.2 Å². The van der Waals surface area contributed by atoms with Gasteiger partial charge in [-0.1, -0.05) is 46.2 Å². The molecule has 60 heavy (non-hydrogen) atoms. The summed E-state index contributed by atoms with van der Waals surface area (Å²) in [6.07, 6.45) is -1.73. The van der Waals surface area contributed by atoms with E-state index in [2.05, 4.69) is 61.3 Å². The molecule has 6 heterocycles. The summed E-state index contributed by atoms with van der Waals surface area (Å²) in [4.78, 5) is 84.6. The molecule has 0 aromatic carbocycles. The summed E-state index contributed by atoms with van der Waals surface area (Å²) in [7, 11) is 0. The lowest BCUT2D eigenvalue weighted by Gasteiger charge is -2.23. The average molecular weight is 971 g/mol. The highest BCUT2D eigenvalue weighted by Gasteiger charge is 2.48. The Morgan fingerprint density at radius 2 is 1.07 bits per heavy atom. The summed E-state index contributed by atoms with van der Waals surface area (Å²) >= 11 is 6.47. The van der Waals surface area contributed by atoms with Crippen molar-refractivity contribution in [2.75, 3.05) is 34.5 Å². The third-order valence-electron chi connectivity index (χ3n) is 6.45. The molecule has 25 heteroatoms. The van der Waals surface area contributed by atoms with Crippen LogP contribution in [0.5, 0.6) is 0 Å². The lowest BCUT2D eigenvalue weighted by atomic mass is 10.3. The third kappa shape index (κ3) is 20.9. The number of esters is 8. The van der Waals surface area contributed by atoms with Crippen molar-refractivity contribution in [1.82, 2.24) is 0 Å². The molecule has 0 amide bonds. The second kappa shape index (κ2) is 27.5. The van der Waals surface area contributed by atoms with Crippen molar-refractivity contribution in [3.8, 4) is 0 Å². The van der Waals surface area contributed by atoms with Crippen molar-refractivity contribution in [1.29, 1.82) is 0 Å². The molecule has 0 aromatic rings. The van der Waals surface area contributed by atoms with Gasteiger partial charge in [-0.15, -0.1) is 77.2 Å². The van der Waals surface area contributed by atoms with Crippen molar-refractivity contribution in [2.45, 2.75) is 64.9 Å². The third-order valence-corrected chi connectivity index (χ3v) is 13.5. The lowest BCUT2D eigenvalue weighted by molar-refractivity contribution is -0.166. The number of hydrogen-bond donors (Lipinski definition) is 0. The monoisotopic (exact) mass is 970 g/mol. The maximum absolute atomic E-state index is 12.8. The number of alkyl halides is 5. The maximum atomic E-state index is 12.8. The molecule has 0 bridgehead atoms. The van der Waals surface area contributed by atoms with E-state index in [1.54, 1.807) is 0 Å². The average Bonchev–Trinajstić information content (AvgIpc) is 3.15.